The molecule has 2 bridgehead atoms. The number of aromatic nitrogens is 1. The number of thiazole rings is 1. The number of hydrogen-bond acceptors (Lipinski definition) is 6. The van der Waals surface area contributed by atoms with Crippen LogP contribution in [0.5, 0.6) is 0 Å². The van der Waals surface area contributed by atoms with Gasteiger partial charge in [0.2, 0.25) is 0 Å². The van der Waals surface area contributed by atoms with Crippen molar-refractivity contribution in [2.24, 2.45) is 17.8 Å². The van der Waals surface area contributed by atoms with Gasteiger partial charge in [-0.2, -0.15) is 0 Å². The molecule has 0 radical (unpaired) electrons. The first-order valence-electron chi connectivity index (χ1n) is 10.6. The smallest absolute Gasteiger partial charge is 0.339 e. The van der Waals surface area contributed by atoms with Crippen LogP contribution < -0.4 is 5.32 Å². The predicted octanol–water partition coefficient (Wildman–Crippen LogP) is 4.84. The van der Waals surface area contributed by atoms with Crippen LogP contribution in [0, 0.1) is 24.7 Å². The predicted molar refractivity (Wildman–Crippen MR) is 120 cm³/mol. The molecule has 2 fully saturated rings. The van der Waals surface area contributed by atoms with Crippen molar-refractivity contribution in [3.05, 3.63) is 45.9 Å². The third-order valence-electron chi connectivity index (χ3n) is 6.31. The molecule has 30 heavy (non-hydrogen) atoms. The summed E-state index contributed by atoms with van der Waals surface area (Å²) >= 11 is 3.17. The van der Waals surface area contributed by atoms with Crippen molar-refractivity contribution in [3.63, 3.8) is 0 Å². The summed E-state index contributed by atoms with van der Waals surface area (Å²) in [7, 11) is 0. The molecule has 5 nitrogen and oxygen atoms in total. The molecule has 4 rings (SSSR count). The summed E-state index contributed by atoms with van der Waals surface area (Å²) in [6.45, 7) is 3.82. The standard InChI is InChI=1S/C23H28N2O3S2/c1-14(20-10-16-7-8-17(20)9-16)24-22(26)11-28-23(27)19-5-3-4-6-21(19)30-13-18-12-29-15(2)25-18/h3-6,12,14,16-17,20H,7-11,13H2,1-2H3,(H,24,26). The number of hydrogen-bond donors (Lipinski definition) is 1. The quantitative estimate of drug-likeness (QED) is 0.466. The number of aryl methyl sites for hydroxylation is 1. The first kappa shape index (κ1) is 21.4. The zero-order valence-corrected chi connectivity index (χ0v) is 19.1. The van der Waals surface area contributed by atoms with Gasteiger partial charge in [-0.1, -0.05) is 18.6 Å². The number of thioether (sulfide) groups is 1. The van der Waals surface area contributed by atoms with E-state index >= 15 is 0 Å². The summed E-state index contributed by atoms with van der Waals surface area (Å²) in [5.41, 5.74) is 1.49. The molecule has 2 aliphatic rings. The summed E-state index contributed by atoms with van der Waals surface area (Å²) < 4.78 is 5.33. The first-order valence-corrected chi connectivity index (χ1v) is 12.5. The van der Waals surface area contributed by atoms with E-state index in [1.807, 2.05) is 30.5 Å². The fraction of sp³-hybridized carbons (Fsp3) is 0.522. The fourth-order valence-electron chi connectivity index (χ4n) is 4.91. The minimum absolute atomic E-state index is 0.135. The molecule has 7 heteroatoms. The highest BCUT2D eigenvalue weighted by molar-refractivity contribution is 7.98. The van der Waals surface area contributed by atoms with Crippen LogP contribution in [0.1, 0.15) is 53.7 Å². The Morgan fingerprint density at radius 2 is 2.13 bits per heavy atom. The highest BCUT2D eigenvalue weighted by Crippen LogP contribution is 2.49. The van der Waals surface area contributed by atoms with Gasteiger partial charge in [0.05, 0.1) is 16.3 Å². The van der Waals surface area contributed by atoms with Gasteiger partial charge >= 0.3 is 5.97 Å². The number of esters is 1. The molecule has 0 aliphatic heterocycles. The Morgan fingerprint density at radius 1 is 1.30 bits per heavy atom. The molecular weight excluding hydrogens is 416 g/mol. The molecule has 1 amide bonds. The van der Waals surface area contributed by atoms with Crippen molar-refractivity contribution in [2.75, 3.05) is 6.61 Å². The van der Waals surface area contributed by atoms with Crippen LogP contribution in [0.25, 0.3) is 0 Å². The number of nitrogens with zero attached hydrogens (tertiary/aromatic N) is 1. The van der Waals surface area contributed by atoms with Crippen molar-refractivity contribution < 1.29 is 14.3 Å². The van der Waals surface area contributed by atoms with E-state index in [1.165, 1.54) is 25.7 Å². The van der Waals surface area contributed by atoms with Crippen LogP contribution in [-0.4, -0.2) is 29.5 Å². The topological polar surface area (TPSA) is 68.3 Å². The van der Waals surface area contributed by atoms with Crippen LogP contribution in [-0.2, 0) is 15.3 Å². The van der Waals surface area contributed by atoms with Gasteiger partial charge in [-0.15, -0.1) is 23.1 Å². The Balaban J connectivity index is 1.27. The third-order valence-corrected chi connectivity index (χ3v) is 8.24. The minimum Gasteiger partial charge on any atom is -0.452 e. The summed E-state index contributed by atoms with van der Waals surface area (Å²) in [5.74, 6) is 2.17. The molecule has 1 N–H and O–H groups in total. The average Bonchev–Trinajstić information content (AvgIpc) is 3.48. The lowest BCUT2D eigenvalue weighted by atomic mass is 9.84. The number of nitrogens with one attached hydrogen (secondary N) is 1. The number of benzene rings is 1. The van der Waals surface area contributed by atoms with Gasteiger partial charge in [-0.05, 0) is 63.0 Å². The van der Waals surface area contributed by atoms with Crippen molar-refractivity contribution in [1.82, 2.24) is 10.3 Å². The van der Waals surface area contributed by atoms with E-state index in [-0.39, 0.29) is 18.6 Å². The van der Waals surface area contributed by atoms with E-state index in [0.717, 1.165) is 27.4 Å². The maximum Gasteiger partial charge on any atom is 0.339 e. The van der Waals surface area contributed by atoms with Crippen LogP contribution in [0.3, 0.4) is 0 Å². The second-order valence-corrected chi connectivity index (χ2v) is 10.5. The lowest BCUT2D eigenvalue weighted by Crippen LogP contribution is -2.42. The van der Waals surface area contributed by atoms with Crippen molar-refractivity contribution >= 4 is 35.0 Å². The zero-order chi connectivity index (χ0) is 21.1. The maximum absolute atomic E-state index is 12.6. The largest absolute Gasteiger partial charge is 0.452 e. The number of carbonyl (C=O) groups excluding carboxylic acids is 2. The Bertz CT molecular complexity index is 913. The van der Waals surface area contributed by atoms with Crippen LogP contribution in [0.4, 0.5) is 0 Å². The van der Waals surface area contributed by atoms with E-state index in [2.05, 4.69) is 17.2 Å². The normalized spacial score (nSPS) is 23.3. The molecule has 1 heterocycles. The van der Waals surface area contributed by atoms with E-state index in [1.54, 1.807) is 29.2 Å². The zero-order valence-electron chi connectivity index (χ0n) is 17.4. The summed E-state index contributed by atoms with van der Waals surface area (Å²) in [6, 6.07) is 7.49. The Labute approximate surface area is 186 Å². The van der Waals surface area contributed by atoms with Gasteiger partial charge in [-0.25, -0.2) is 9.78 Å². The maximum atomic E-state index is 12.6. The second kappa shape index (κ2) is 9.52. The summed E-state index contributed by atoms with van der Waals surface area (Å²) in [4.78, 5) is 30.3. The molecule has 4 atom stereocenters. The van der Waals surface area contributed by atoms with Crippen LogP contribution in [0.2, 0.25) is 0 Å². The van der Waals surface area contributed by atoms with Gasteiger partial charge in [-0.3, -0.25) is 4.79 Å². The van der Waals surface area contributed by atoms with Crippen molar-refractivity contribution in [1.29, 1.82) is 0 Å². The van der Waals surface area contributed by atoms with E-state index in [0.29, 0.717) is 17.2 Å². The fourth-order valence-corrected chi connectivity index (χ4v) is 6.56. The Kier molecular flexibility index (Phi) is 6.78. The Morgan fingerprint density at radius 3 is 2.83 bits per heavy atom. The lowest BCUT2D eigenvalue weighted by Gasteiger charge is -2.28. The number of fused-ring (bicyclic) bond motifs is 2. The van der Waals surface area contributed by atoms with E-state index in [4.69, 9.17) is 4.74 Å². The average molecular weight is 445 g/mol. The van der Waals surface area contributed by atoms with Gasteiger partial charge in [0, 0.05) is 22.1 Å². The van der Waals surface area contributed by atoms with Gasteiger partial charge in [0.15, 0.2) is 6.61 Å². The molecule has 2 saturated carbocycles. The second-order valence-electron chi connectivity index (χ2n) is 8.41. The number of carbonyl (C=O) groups is 2. The highest BCUT2D eigenvalue weighted by atomic mass is 32.2. The van der Waals surface area contributed by atoms with Crippen molar-refractivity contribution in [3.8, 4) is 0 Å². The van der Waals surface area contributed by atoms with Gasteiger partial charge < -0.3 is 10.1 Å². The molecule has 4 unspecified atom stereocenters. The van der Waals surface area contributed by atoms with Gasteiger partial charge in [0.1, 0.15) is 0 Å². The molecule has 2 aliphatic carbocycles. The monoisotopic (exact) mass is 444 g/mol. The lowest BCUT2D eigenvalue weighted by molar-refractivity contribution is -0.125. The third kappa shape index (κ3) is 5.06. The van der Waals surface area contributed by atoms with Gasteiger partial charge in [0.25, 0.3) is 5.91 Å². The number of rotatable bonds is 8. The summed E-state index contributed by atoms with van der Waals surface area (Å²) in [5, 5.41) is 6.11. The first-order chi connectivity index (χ1) is 14.5. The molecule has 0 spiro atoms. The number of ether oxygens (including phenoxy) is 1. The molecule has 1 aromatic heterocycles. The van der Waals surface area contributed by atoms with Crippen LogP contribution in [0.15, 0.2) is 34.5 Å². The van der Waals surface area contributed by atoms with E-state index in [9.17, 15) is 9.59 Å². The molecule has 1 aromatic carbocycles. The van der Waals surface area contributed by atoms with Crippen LogP contribution >= 0.6 is 23.1 Å². The molecule has 0 saturated heterocycles. The van der Waals surface area contributed by atoms with Crippen molar-refractivity contribution in [2.45, 2.75) is 56.2 Å². The van der Waals surface area contributed by atoms with E-state index < -0.39 is 5.97 Å². The molecular formula is C23H28N2O3S2. The minimum atomic E-state index is -0.463. The molecule has 160 valence electrons. The summed E-state index contributed by atoms with van der Waals surface area (Å²) in [6.07, 6.45) is 5.17. The Hall–Kier alpha value is -1.86. The SMILES string of the molecule is Cc1nc(CSc2ccccc2C(=O)OCC(=O)NC(C)C2CC3CCC2C3)cs1. The highest BCUT2D eigenvalue weighted by Gasteiger charge is 2.42. The number of amides is 1. The molecule has 2 aromatic rings.